The van der Waals surface area contributed by atoms with Crippen LogP contribution in [-0.4, -0.2) is 56.4 Å². The lowest BCUT2D eigenvalue weighted by molar-refractivity contribution is -0.138. The molecule has 1 rings (SSSR count). The molecule has 0 bridgehead atoms. The van der Waals surface area contributed by atoms with E-state index in [1.807, 2.05) is 18.7 Å². The molecule has 1 aliphatic carbocycles. The van der Waals surface area contributed by atoms with E-state index < -0.39 is 0 Å². The van der Waals surface area contributed by atoms with Gasteiger partial charge in [0.25, 0.3) is 0 Å². The number of nitrogens with zero attached hydrogens (tertiary/aromatic N) is 1. The molecule has 0 aliphatic heterocycles. The lowest BCUT2D eigenvalue weighted by atomic mass is 9.84. The van der Waals surface area contributed by atoms with E-state index in [0.29, 0.717) is 39.5 Å². The van der Waals surface area contributed by atoms with Crippen molar-refractivity contribution in [2.45, 2.75) is 45.6 Å². The highest BCUT2D eigenvalue weighted by atomic mass is 16.5. The van der Waals surface area contributed by atoms with Gasteiger partial charge >= 0.3 is 0 Å². The van der Waals surface area contributed by atoms with Crippen molar-refractivity contribution in [3.05, 3.63) is 0 Å². The fraction of sp³-hybridized carbons (Fsp3) is 0.933. The summed E-state index contributed by atoms with van der Waals surface area (Å²) in [6.45, 7) is 7.69. The maximum atomic E-state index is 12.6. The zero-order chi connectivity index (χ0) is 14.8. The van der Waals surface area contributed by atoms with Gasteiger partial charge in [-0.3, -0.25) is 4.79 Å². The molecule has 0 aromatic heterocycles. The molecule has 2 unspecified atom stereocenters. The fourth-order valence-corrected chi connectivity index (χ4v) is 2.67. The normalized spacial score (nSPS) is 22.8. The van der Waals surface area contributed by atoms with Crippen molar-refractivity contribution >= 4 is 5.91 Å². The molecule has 0 spiro atoms. The zero-order valence-corrected chi connectivity index (χ0v) is 13.0. The Balaban J connectivity index is 2.51. The summed E-state index contributed by atoms with van der Waals surface area (Å²) in [5, 5.41) is 0. The topological polar surface area (TPSA) is 64.8 Å². The van der Waals surface area contributed by atoms with E-state index >= 15 is 0 Å². The maximum absolute atomic E-state index is 12.6. The Labute approximate surface area is 122 Å². The monoisotopic (exact) mass is 286 g/mol. The number of amides is 1. The van der Waals surface area contributed by atoms with Crippen molar-refractivity contribution in [1.29, 1.82) is 0 Å². The van der Waals surface area contributed by atoms with Crippen molar-refractivity contribution in [1.82, 2.24) is 4.90 Å². The van der Waals surface area contributed by atoms with Crippen LogP contribution in [0, 0.1) is 5.92 Å². The largest absolute Gasteiger partial charge is 0.380 e. The van der Waals surface area contributed by atoms with Gasteiger partial charge < -0.3 is 20.1 Å². The van der Waals surface area contributed by atoms with Crippen LogP contribution in [0.4, 0.5) is 0 Å². The molecule has 0 heterocycles. The molecule has 1 aliphatic rings. The molecule has 1 saturated carbocycles. The first-order valence-electron chi connectivity index (χ1n) is 7.90. The van der Waals surface area contributed by atoms with Crippen LogP contribution in [0.1, 0.15) is 39.5 Å². The smallest absolute Gasteiger partial charge is 0.227 e. The first-order valence-corrected chi connectivity index (χ1v) is 7.90. The van der Waals surface area contributed by atoms with Gasteiger partial charge in [0.05, 0.1) is 19.1 Å². The number of ether oxygens (including phenoxy) is 2. The highest BCUT2D eigenvalue weighted by Gasteiger charge is 2.31. The van der Waals surface area contributed by atoms with Gasteiger partial charge in [0.2, 0.25) is 5.91 Å². The molecule has 20 heavy (non-hydrogen) atoms. The Morgan fingerprint density at radius 3 is 2.15 bits per heavy atom. The quantitative estimate of drug-likeness (QED) is 0.651. The Morgan fingerprint density at radius 2 is 1.65 bits per heavy atom. The standard InChI is InChI=1S/C15H30N2O3/c1-3-19-11-9-17(10-12-20-4-2)15(18)13-7-5-6-8-14(13)16/h13-14H,3-12,16H2,1-2H3. The van der Waals surface area contributed by atoms with Crippen molar-refractivity contribution < 1.29 is 14.3 Å². The summed E-state index contributed by atoms with van der Waals surface area (Å²) in [6, 6.07) is 0.0120. The molecule has 1 fully saturated rings. The van der Waals surface area contributed by atoms with Gasteiger partial charge in [-0.05, 0) is 26.7 Å². The lowest BCUT2D eigenvalue weighted by Gasteiger charge is -2.33. The predicted molar refractivity (Wildman–Crippen MR) is 79.5 cm³/mol. The van der Waals surface area contributed by atoms with Gasteiger partial charge in [-0.25, -0.2) is 0 Å². The summed E-state index contributed by atoms with van der Waals surface area (Å²) in [4.78, 5) is 14.5. The van der Waals surface area contributed by atoms with E-state index in [1.54, 1.807) is 0 Å². The van der Waals surface area contributed by atoms with Crippen LogP contribution >= 0.6 is 0 Å². The molecule has 0 radical (unpaired) electrons. The first kappa shape index (κ1) is 17.4. The summed E-state index contributed by atoms with van der Waals surface area (Å²) in [5.41, 5.74) is 6.12. The number of carbonyl (C=O) groups is 1. The van der Waals surface area contributed by atoms with Gasteiger partial charge in [-0.2, -0.15) is 0 Å². The molecule has 5 nitrogen and oxygen atoms in total. The van der Waals surface area contributed by atoms with Crippen LogP contribution in [0.5, 0.6) is 0 Å². The van der Waals surface area contributed by atoms with E-state index in [2.05, 4.69) is 0 Å². The third kappa shape index (κ3) is 5.77. The molecule has 118 valence electrons. The van der Waals surface area contributed by atoms with Crippen molar-refractivity contribution in [3.8, 4) is 0 Å². The van der Waals surface area contributed by atoms with Crippen molar-refractivity contribution in [2.75, 3.05) is 39.5 Å². The van der Waals surface area contributed by atoms with Gasteiger partial charge in [0.15, 0.2) is 0 Å². The number of carbonyl (C=O) groups excluding carboxylic acids is 1. The SMILES string of the molecule is CCOCCN(CCOCC)C(=O)C1CCCCC1N. The summed E-state index contributed by atoms with van der Waals surface area (Å²) in [7, 11) is 0. The molecule has 5 heteroatoms. The average molecular weight is 286 g/mol. The zero-order valence-electron chi connectivity index (χ0n) is 13.0. The number of hydrogen-bond donors (Lipinski definition) is 1. The Hall–Kier alpha value is -0.650. The Morgan fingerprint density at radius 1 is 1.10 bits per heavy atom. The van der Waals surface area contributed by atoms with Crippen LogP contribution in [0.2, 0.25) is 0 Å². The van der Waals surface area contributed by atoms with Crippen molar-refractivity contribution in [2.24, 2.45) is 11.7 Å². The molecule has 2 N–H and O–H groups in total. The lowest BCUT2D eigenvalue weighted by Crippen LogP contribution is -2.47. The van der Waals surface area contributed by atoms with Crippen LogP contribution < -0.4 is 5.73 Å². The minimum absolute atomic E-state index is 0.0120. The highest BCUT2D eigenvalue weighted by Crippen LogP contribution is 2.24. The third-order valence-electron chi connectivity index (χ3n) is 3.87. The molecule has 0 saturated heterocycles. The second-order valence-corrected chi connectivity index (χ2v) is 5.27. The first-order chi connectivity index (χ1) is 9.70. The predicted octanol–water partition coefficient (Wildman–Crippen LogP) is 1.41. The minimum atomic E-state index is -0.0213. The van der Waals surface area contributed by atoms with Gasteiger partial charge in [0, 0.05) is 32.3 Å². The maximum Gasteiger partial charge on any atom is 0.227 e. The third-order valence-corrected chi connectivity index (χ3v) is 3.87. The van der Waals surface area contributed by atoms with E-state index in [0.717, 1.165) is 25.7 Å². The highest BCUT2D eigenvalue weighted by molar-refractivity contribution is 5.79. The number of nitrogens with two attached hydrogens (primary N) is 1. The van der Waals surface area contributed by atoms with Gasteiger partial charge in [-0.15, -0.1) is 0 Å². The fourth-order valence-electron chi connectivity index (χ4n) is 2.67. The molecule has 0 aromatic carbocycles. The summed E-state index contributed by atoms with van der Waals surface area (Å²) >= 11 is 0. The molecule has 2 atom stereocenters. The van der Waals surface area contributed by atoms with E-state index in [4.69, 9.17) is 15.2 Å². The Kier molecular flexibility index (Phi) is 8.82. The average Bonchev–Trinajstić information content (AvgIpc) is 2.46. The van der Waals surface area contributed by atoms with Gasteiger partial charge in [-0.1, -0.05) is 12.8 Å². The molecular weight excluding hydrogens is 256 g/mol. The van der Waals surface area contributed by atoms with Crippen LogP contribution in [0.3, 0.4) is 0 Å². The van der Waals surface area contributed by atoms with E-state index in [-0.39, 0.29) is 17.9 Å². The van der Waals surface area contributed by atoms with Gasteiger partial charge in [0.1, 0.15) is 0 Å². The number of rotatable bonds is 9. The minimum Gasteiger partial charge on any atom is -0.380 e. The molecule has 0 aromatic rings. The second kappa shape index (κ2) is 10.1. The summed E-state index contributed by atoms with van der Waals surface area (Å²) < 4.78 is 10.7. The van der Waals surface area contributed by atoms with Crippen molar-refractivity contribution in [3.63, 3.8) is 0 Å². The van der Waals surface area contributed by atoms with E-state index in [9.17, 15) is 4.79 Å². The summed E-state index contributed by atoms with van der Waals surface area (Å²) in [6.07, 6.45) is 4.12. The van der Waals surface area contributed by atoms with E-state index in [1.165, 1.54) is 0 Å². The molecule has 1 amide bonds. The molecular formula is C15H30N2O3. The Bertz CT molecular complexity index is 264. The number of hydrogen-bond acceptors (Lipinski definition) is 4. The van der Waals surface area contributed by atoms with Crippen LogP contribution in [0.25, 0.3) is 0 Å². The second-order valence-electron chi connectivity index (χ2n) is 5.27. The summed E-state index contributed by atoms with van der Waals surface area (Å²) in [5.74, 6) is 0.156. The van der Waals surface area contributed by atoms with Crippen LogP contribution in [-0.2, 0) is 14.3 Å². The van der Waals surface area contributed by atoms with Crippen LogP contribution in [0.15, 0.2) is 0 Å².